The van der Waals surface area contributed by atoms with Crippen molar-refractivity contribution in [2.45, 2.75) is 25.9 Å². The molecule has 1 aliphatic rings. The number of piperidine rings is 1. The number of aromatic nitrogens is 2. The molecule has 5 heteroatoms. The number of hydrogen-bond acceptors (Lipinski definition) is 2. The van der Waals surface area contributed by atoms with Gasteiger partial charge in [-0.25, -0.2) is 0 Å². The number of imidazole rings is 1. The Morgan fingerprint density at radius 2 is 2.36 bits per heavy atom. The Morgan fingerprint density at radius 3 is 3.00 bits per heavy atom. The van der Waals surface area contributed by atoms with E-state index in [4.69, 9.17) is 12.2 Å². The van der Waals surface area contributed by atoms with Gasteiger partial charge < -0.3 is 14.5 Å². The molecular weight excluding hydrogens is 198 g/mol. The summed E-state index contributed by atoms with van der Waals surface area (Å²) in [5.74, 6) is 0.236. The second-order valence-corrected chi connectivity index (χ2v) is 3.88. The summed E-state index contributed by atoms with van der Waals surface area (Å²) in [4.78, 5) is 16.3. The molecule has 2 heterocycles. The van der Waals surface area contributed by atoms with Crippen molar-refractivity contribution in [2.24, 2.45) is 0 Å². The highest BCUT2D eigenvalue weighted by molar-refractivity contribution is 7.71. The first-order valence-electron chi connectivity index (χ1n) is 4.79. The van der Waals surface area contributed by atoms with E-state index in [-0.39, 0.29) is 5.91 Å². The molecular formula is C9H13N3OS. The number of amides is 1. The summed E-state index contributed by atoms with van der Waals surface area (Å²) < 4.78 is 2.54. The zero-order valence-electron chi connectivity index (χ0n) is 7.90. The van der Waals surface area contributed by atoms with E-state index < -0.39 is 0 Å². The van der Waals surface area contributed by atoms with Crippen molar-refractivity contribution < 1.29 is 4.79 Å². The summed E-state index contributed by atoms with van der Waals surface area (Å²) >= 11 is 5.06. The molecule has 76 valence electrons. The molecule has 0 bridgehead atoms. The van der Waals surface area contributed by atoms with Crippen LogP contribution in [0.25, 0.3) is 0 Å². The Morgan fingerprint density at radius 1 is 1.50 bits per heavy atom. The third kappa shape index (κ3) is 1.87. The number of rotatable bonds is 2. The van der Waals surface area contributed by atoms with E-state index >= 15 is 0 Å². The summed E-state index contributed by atoms with van der Waals surface area (Å²) in [5.41, 5.74) is 0. The molecule has 1 aromatic rings. The highest BCUT2D eigenvalue weighted by atomic mass is 32.1. The van der Waals surface area contributed by atoms with Gasteiger partial charge >= 0.3 is 0 Å². The normalized spacial score (nSPS) is 17.4. The van der Waals surface area contributed by atoms with Gasteiger partial charge in [0.25, 0.3) is 0 Å². The Bertz CT molecular complexity index is 381. The number of aromatic amines is 1. The quantitative estimate of drug-likeness (QED) is 0.753. The molecule has 0 aliphatic carbocycles. The molecule has 2 rings (SSSR count). The molecule has 0 unspecified atom stereocenters. The van der Waals surface area contributed by atoms with Crippen LogP contribution in [0.15, 0.2) is 12.4 Å². The summed E-state index contributed by atoms with van der Waals surface area (Å²) in [5, 5.41) is 0. The maximum absolute atomic E-state index is 11.5. The number of nitrogens with one attached hydrogen (secondary N) is 1. The zero-order chi connectivity index (χ0) is 9.97. The zero-order valence-corrected chi connectivity index (χ0v) is 8.72. The van der Waals surface area contributed by atoms with E-state index in [1.54, 1.807) is 6.20 Å². The molecule has 0 radical (unpaired) electrons. The van der Waals surface area contributed by atoms with Crippen LogP contribution in [0.5, 0.6) is 0 Å². The average molecular weight is 211 g/mol. The molecule has 1 fully saturated rings. The molecule has 0 aromatic carbocycles. The van der Waals surface area contributed by atoms with Gasteiger partial charge in [0, 0.05) is 25.4 Å². The molecule has 0 saturated carbocycles. The standard InChI is InChI=1S/C9H13N3OS/c13-8-3-1-2-5-11(8)7-12-6-4-10-9(12)14/h4,6H,1-3,5,7H2,(H,10,14). The van der Waals surface area contributed by atoms with Gasteiger partial charge in [-0.1, -0.05) is 0 Å². The van der Waals surface area contributed by atoms with Crippen molar-refractivity contribution in [3.63, 3.8) is 0 Å². The highest BCUT2D eigenvalue weighted by Gasteiger charge is 2.17. The van der Waals surface area contributed by atoms with E-state index in [0.717, 1.165) is 19.4 Å². The van der Waals surface area contributed by atoms with E-state index in [9.17, 15) is 4.79 Å². The molecule has 0 atom stereocenters. The lowest BCUT2D eigenvalue weighted by molar-refractivity contribution is -0.135. The third-order valence-corrected chi connectivity index (χ3v) is 2.82. The molecule has 14 heavy (non-hydrogen) atoms. The lowest BCUT2D eigenvalue weighted by atomic mass is 10.1. The first kappa shape index (κ1) is 9.45. The number of H-pyrrole nitrogens is 1. The molecule has 1 aromatic heterocycles. The van der Waals surface area contributed by atoms with Crippen molar-refractivity contribution in [3.05, 3.63) is 17.2 Å². The van der Waals surface area contributed by atoms with Crippen molar-refractivity contribution >= 4 is 18.1 Å². The van der Waals surface area contributed by atoms with Gasteiger partial charge in [-0.3, -0.25) is 4.79 Å². The molecule has 1 amide bonds. The topological polar surface area (TPSA) is 41.0 Å². The Balaban J connectivity index is 2.07. The lowest BCUT2D eigenvalue weighted by Gasteiger charge is -2.26. The Hall–Kier alpha value is -1.10. The molecule has 4 nitrogen and oxygen atoms in total. The van der Waals surface area contributed by atoms with Crippen LogP contribution in [-0.2, 0) is 11.5 Å². The van der Waals surface area contributed by atoms with Crippen LogP contribution in [0.1, 0.15) is 19.3 Å². The van der Waals surface area contributed by atoms with Gasteiger partial charge in [-0.15, -0.1) is 0 Å². The van der Waals surface area contributed by atoms with Gasteiger partial charge in [0.1, 0.15) is 0 Å². The van der Waals surface area contributed by atoms with Crippen LogP contribution < -0.4 is 0 Å². The summed E-state index contributed by atoms with van der Waals surface area (Å²) in [6, 6.07) is 0. The van der Waals surface area contributed by atoms with Crippen LogP contribution >= 0.6 is 12.2 Å². The van der Waals surface area contributed by atoms with E-state index in [1.807, 2.05) is 15.7 Å². The van der Waals surface area contributed by atoms with E-state index in [1.165, 1.54) is 0 Å². The maximum atomic E-state index is 11.5. The minimum Gasteiger partial charge on any atom is -0.337 e. The van der Waals surface area contributed by atoms with Crippen LogP contribution in [-0.4, -0.2) is 26.9 Å². The predicted molar refractivity (Wildman–Crippen MR) is 55.2 cm³/mol. The number of nitrogens with zero attached hydrogens (tertiary/aromatic N) is 2. The van der Waals surface area contributed by atoms with Crippen LogP contribution in [0, 0.1) is 4.77 Å². The first-order valence-corrected chi connectivity index (χ1v) is 5.20. The van der Waals surface area contributed by atoms with E-state index in [0.29, 0.717) is 17.9 Å². The second kappa shape index (κ2) is 3.96. The second-order valence-electron chi connectivity index (χ2n) is 3.49. The maximum Gasteiger partial charge on any atom is 0.223 e. The van der Waals surface area contributed by atoms with E-state index in [2.05, 4.69) is 4.98 Å². The summed E-state index contributed by atoms with van der Waals surface area (Å²) in [7, 11) is 0. The van der Waals surface area contributed by atoms with Gasteiger partial charge in [-0.2, -0.15) is 0 Å². The fourth-order valence-corrected chi connectivity index (χ4v) is 1.84. The smallest absolute Gasteiger partial charge is 0.223 e. The average Bonchev–Trinajstić information content (AvgIpc) is 2.56. The fraction of sp³-hybridized carbons (Fsp3) is 0.556. The van der Waals surface area contributed by atoms with Crippen LogP contribution in [0.4, 0.5) is 0 Å². The van der Waals surface area contributed by atoms with Crippen molar-refractivity contribution in [1.82, 2.24) is 14.5 Å². The monoisotopic (exact) mass is 211 g/mol. The largest absolute Gasteiger partial charge is 0.337 e. The van der Waals surface area contributed by atoms with Gasteiger partial charge in [0.2, 0.25) is 5.91 Å². The van der Waals surface area contributed by atoms with Crippen LogP contribution in [0.2, 0.25) is 0 Å². The number of hydrogen-bond donors (Lipinski definition) is 1. The molecule has 1 aliphatic heterocycles. The summed E-state index contributed by atoms with van der Waals surface area (Å²) in [6.45, 7) is 1.44. The van der Waals surface area contributed by atoms with Crippen LogP contribution in [0.3, 0.4) is 0 Å². The van der Waals surface area contributed by atoms with Crippen molar-refractivity contribution in [1.29, 1.82) is 0 Å². The molecule has 0 spiro atoms. The minimum atomic E-state index is 0.236. The predicted octanol–water partition coefficient (Wildman–Crippen LogP) is 1.52. The molecule has 1 N–H and O–H groups in total. The van der Waals surface area contributed by atoms with Gasteiger partial charge in [-0.05, 0) is 25.1 Å². The molecule has 1 saturated heterocycles. The Kier molecular flexibility index (Phi) is 2.67. The SMILES string of the molecule is O=C1CCCCN1Cn1cc[nH]c1=S. The summed E-state index contributed by atoms with van der Waals surface area (Å²) in [6.07, 6.45) is 6.45. The first-order chi connectivity index (χ1) is 6.77. The van der Waals surface area contributed by atoms with Crippen molar-refractivity contribution in [3.8, 4) is 0 Å². The fourth-order valence-electron chi connectivity index (χ4n) is 1.66. The third-order valence-electron chi connectivity index (χ3n) is 2.47. The Labute approximate surface area is 87.5 Å². The highest BCUT2D eigenvalue weighted by Crippen LogP contribution is 2.11. The van der Waals surface area contributed by atoms with Crippen molar-refractivity contribution in [2.75, 3.05) is 6.54 Å². The van der Waals surface area contributed by atoms with Gasteiger partial charge in [0.05, 0.1) is 6.67 Å². The number of carbonyl (C=O) groups excluding carboxylic acids is 1. The minimum absolute atomic E-state index is 0.236. The van der Waals surface area contributed by atoms with Gasteiger partial charge in [0.15, 0.2) is 4.77 Å². The number of carbonyl (C=O) groups is 1. The number of likely N-dealkylation sites (tertiary alicyclic amines) is 1. The lowest BCUT2D eigenvalue weighted by Crippen LogP contribution is -2.36.